The predicted molar refractivity (Wildman–Crippen MR) is 117 cm³/mol. The third-order valence-corrected chi connectivity index (χ3v) is 6.07. The summed E-state index contributed by atoms with van der Waals surface area (Å²) in [7, 11) is 0. The molecule has 9 heteroatoms. The number of hydrogen-bond acceptors (Lipinski definition) is 5. The summed E-state index contributed by atoms with van der Waals surface area (Å²) >= 11 is 0. The van der Waals surface area contributed by atoms with Crippen molar-refractivity contribution in [1.29, 1.82) is 0 Å². The van der Waals surface area contributed by atoms with E-state index in [-0.39, 0.29) is 6.04 Å². The minimum Gasteiger partial charge on any atom is -0.318 e. The lowest BCUT2D eigenvalue weighted by atomic mass is 9.92. The number of nitrogens with one attached hydrogen (secondary N) is 2. The van der Waals surface area contributed by atoms with Gasteiger partial charge in [-0.1, -0.05) is 30.3 Å². The molecule has 164 valence electrons. The van der Waals surface area contributed by atoms with Gasteiger partial charge in [-0.2, -0.15) is 10.1 Å². The Hall–Kier alpha value is -3.75. The lowest BCUT2D eigenvalue weighted by Gasteiger charge is -2.22. The van der Waals surface area contributed by atoms with Crippen LogP contribution in [0.2, 0.25) is 0 Å². The van der Waals surface area contributed by atoms with Crippen molar-refractivity contribution in [2.24, 2.45) is 0 Å². The van der Waals surface area contributed by atoms with Gasteiger partial charge < -0.3 is 5.32 Å². The number of aromatic nitrogens is 3. The second-order valence-corrected chi connectivity index (χ2v) is 8.79. The Morgan fingerprint density at radius 2 is 1.94 bits per heavy atom. The van der Waals surface area contributed by atoms with Gasteiger partial charge in [0.1, 0.15) is 5.54 Å². The number of rotatable bonds is 5. The Morgan fingerprint density at radius 1 is 1.22 bits per heavy atom. The van der Waals surface area contributed by atoms with Crippen LogP contribution in [-0.2, 0) is 10.3 Å². The number of carbonyl (C=O) groups is 3. The first-order chi connectivity index (χ1) is 15.3. The van der Waals surface area contributed by atoms with Gasteiger partial charge in [0.25, 0.3) is 11.8 Å². The fraction of sp³-hybridized carbons (Fsp3) is 0.348. The van der Waals surface area contributed by atoms with Crippen molar-refractivity contribution in [3.63, 3.8) is 0 Å². The highest BCUT2D eigenvalue weighted by Gasteiger charge is 2.50. The number of imide groups is 1. The lowest BCUT2D eigenvalue weighted by molar-refractivity contribution is -0.132. The van der Waals surface area contributed by atoms with Crippen molar-refractivity contribution in [3.05, 3.63) is 59.4 Å². The molecule has 0 radical (unpaired) electrons. The van der Waals surface area contributed by atoms with Gasteiger partial charge in [-0.15, -0.1) is 0 Å². The van der Waals surface area contributed by atoms with Crippen LogP contribution in [0.1, 0.15) is 67.2 Å². The molecule has 5 rings (SSSR count). The maximum absolute atomic E-state index is 13.3. The van der Waals surface area contributed by atoms with Gasteiger partial charge in [0.15, 0.2) is 5.65 Å². The maximum atomic E-state index is 13.3. The zero-order valence-electron chi connectivity index (χ0n) is 18.1. The van der Waals surface area contributed by atoms with Crippen LogP contribution >= 0.6 is 0 Å². The first-order valence-corrected chi connectivity index (χ1v) is 10.7. The van der Waals surface area contributed by atoms with Crippen LogP contribution in [0, 0.1) is 0 Å². The number of benzene rings is 1. The minimum absolute atomic E-state index is 0.0721. The smallest absolute Gasteiger partial charge is 0.318 e. The Balaban J connectivity index is 1.49. The maximum Gasteiger partial charge on any atom is 0.344 e. The molecule has 3 heterocycles. The summed E-state index contributed by atoms with van der Waals surface area (Å²) in [4.78, 5) is 43.8. The van der Waals surface area contributed by atoms with E-state index in [1.165, 1.54) is 0 Å². The molecule has 32 heavy (non-hydrogen) atoms. The van der Waals surface area contributed by atoms with Crippen molar-refractivity contribution in [2.75, 3.05) is 0 Å². The molecule has 2 aromatic heterocycles. The molecule has 0 spiro atoms. The first-order valence-electron chi connectivity index (χ1n) is 10.7. The highest BCUT2D eigenvalue weighted by atomic mass is 16.2. The molecule has 1 aromatic carbocycles. The van der Waals surface area contributed by atoms with Crippen LogP contribution in [0.4, 0.5) is 4.79 Å². The summed E-state index contributed by atoms with van der Waals surface area (Å²) in [6.07, 6.45) is 3.66. The molecule has 1 saturated heterocycles. The van der Waals surface area contributed by atoms with Crippen molar-refractivity contribution in [1.82, 2.24) is 30.5 Å². The van der Waals surface area contributed by atoms with E-state index < -0.39 is 23.4 Å². The number of hydrazine groups is 1. The molecule has 3 aromatic rings. The molecule has 0 unspecified atom stereocenters. The van der Waals surface area contributed by atoms with Crippen molar-refractivity contribution in [3.8, 4) is 0 Å². The zero-order chi connectivity index (χ0) is 22.6. The van der Waals surface area contributed by atoms with E-state index >= 15 is 0 Å². The molecular weight excluding hydrogens is 408 g/mol. The minimum atomic E-state index is -1.26. The van der Waals surface area contributed by atoms with Crippen LogP contribution in [0.3, 0.4) is 0 Å². The van der Waals surface area contributed by atoms with E-state index in [0.29, 0.717) is 28.1 Å². The van der Waals surface area contributed by atoms with E-state index in [1.54, 1.807) is 48.1 Å². The Morgan fingerprint density at radius 3 is 2.59 bits per heavy atom. The average molecular weight is 432 g/mol. The normalized spacial score (nSPS) is 20.8. The van der Waals surface area contributed by atoms with E-state index in [2.05, 4.69) is 15.8 Å². The molecule has 0 bridgehead atoms. The number of nitrogens with zero attached hydrogens (tertiary/aromatic N) is 4. The summed E-state index contributed by atoms with van der Waals surface area (Å²) in [6.45, 7) is 5.61. The SMILES string of the molecule is CC(C)n1ncc2c(C(=O)NN3C(=O)N[C@](C)(c4ccccc4)C3=O)cc(C3CC3)nc21. The molecule has 1 aliphatic carbocycles. The topological polar surface area (TPSA) is 109 Å². The second-order valence-electron chi connectivity index (χ2n) is 8.79. The van der Waals surface area contributed by atoms with Crippen molar-refractivity contribution < 1.29 is 14.4 Å². The molecule has 2 N–H and O–H groups in total. The third kappa shape index (κ3) is 3.12. The number of urea groups is 1. The summed E-state index contributed by atoms with van der Waals surface area (Å²) in [5.41, 5.74) is 3.68. The average Bonchev–Trinajstić information content (AvgIpc) is 3.50. The van der Waals surface area contributed by atoms with Crippen LogP contribution in [0.25, 0.3) is 11.0 Å². The molecule has 2 aliphatic rings. The molecule has 1 aliphatic heterocycles. The molecule has 4 amide bonds. The van der Waals surface area contributed by atoms with Crippen LogP contribution < -0.4 is 10.7 Å². The van der Waals surface area contributed by atoms with E-state index in [9.17, 15) is 14.4 Å². The zero-order valence-corrected chi connectivity index (χ0v) is 18.1. The quantitative estimate of drug-likeness (QED) is 0.603. The standard InChI is InChI=1S/C23H24N6O3/c1-13(2)28-19-17(12-24-28)16(11-18(25-19)14-9-10-14)20(30)27-29-21(31)23(3,26-22(29)32)15-7-5-4-6-8-15/h4-8,11-14H,9-10H2,1-3H3,(H,26,32)(H,27,30)/t23-/m1/s1. The van der Waals surface area contributed by atoms with Crippen molar-refractivity contribution in [2.45, 2.75) is 51.1 Å². The molecule has 2 fully saturated rings. The van der Waals surface area contributed by atoms with Gasteiger partial charge in [-0.3, -0.25) is 15.0 Å². The van der Waals surface area contributed by atoms with Gasteiger partial charge in [0.05, 0.1) is 17.1 Å². The number of pyridine rings is 1. The van der Waals surface area contributed by atoms with Crippen LogP contribution in [0.5, 0.6) is 0 Å². The predicted octanol–water partition coefficient (Wildman–Crippen LogP) is 3.00. The summed E-state index contributed by atoms with van der Waals surface area (Å²) in [6, 6.07) is 10.1. The number of carbonyl (C=O) groups excluding carboxylic acids is 3. The largest absolute Gasteiger partial charge is 0.344 e. The van der Waals surface area contributed by atoms with Crippen molar-refractivity contribution >= 4 is 28.9 Å². The molecule has 1 saturated carbocycles. The van der Waals surface area contributed by atoms with Gasteiger partial charge in [0.2, 0.25) is 0 Å². The van der Waals surface area contributed by atoms with Crippen LogP contribution in [-0.4, -0.2) is 37.6 Å². The first kappa shape index (κ1) is 20.2. The lowest BCUT2D eigenvalue weighted by Crippen LogP contribution is -2.48. The van der Waals surface area contributed by atoms with Gasteiger partial charge >= 0.3 is 6.03 Å². The third-order valence-electron chi connectivity index (χ3n) is 6.07. The molecule has 1 atom stereocenters. The highest BCUT2D eigenvalue weighted by molar-refractivity contribution is 6.11. The van der Waals surface area contributed by atoms with E-state index in [4.69, 9.17) is 4.98 Å². The number of hydrogen-bond donors (Lipinski definition) is 2. The fourth-order valence-electron chi connectivity index (χ4n) is 4.06. The van der Waals surface area contributed by atoms with E-state index in [1.807, 2.05) is 19.9 Å². The Bertz CT molecular complexity index is 1250. The Labute approximate surface area is 184 Å². The molecular formula is C23H24N6O3. The van der Waals surface area contributed by atoms with E-state index in [0.717, 1.165) is 23.5 Å². The summed E-state index contributed by atoms with van der Waals surface area (Å²) in [5.74, 6) is -0.782. The summed E-state index contributed by atoms with van der Waals surface area (Å²) < 4.78 is 1.78. The Kier molecular flexibility index (Phi) is 4.51. The number of fused-ring (bicyclic) bond motifs is 1. The number of amides is 4. The van der Waals surface area contributed by atoms with Crippen LogP contribution in [0.15, 0.2) is 42.6 Å². The molecule has 9 nitrogen and oxygen atoms in total. The van der Waals surface area contributed by atoms with Gasteiger partial charge in [0, 0.05) is 17.7 Å². The second kappa shape index (κ2) is 7.15. The highest BCUT2D eigenvalue weighted by Crippen LogP contribution is 2.40. The fourth-order valence-corrected chi connectivity index (χ4v) is 4.06. The van der Waals surface area contributed by atoms with Gasteiger partial charge in [-0.05, 0) is 45.2 Å². The summed E-state index contributed by atoms with van der Waals surface area (Å²) in [5, 5.41) is 8.43. The van der Waals surface area contributed by atoms with Gasteiger partial charge in [-0.25, -0.2) is 14.5 Å². The monoisotopic (exact) mass is 432 g/mol.